The van der Waals surface area contributed by atoms with Gasteiger partial charge in [0.2, 0.25) is 0 Å². The first kappa shape index (κ1) is 10.7. The van der Waals surface area contributed by atoms with Crippen LogP contribution in [0.2, 0.25) is 0 Å². The Morgan fingerprint density at radius 2 is 2.13 bits per heavy atom. The Morgan fingerprint density at radius 3 is 2.60 bits per heavy atom. The fraction of sp³-hybridized carbons (Fsp3) is 0.500. The molecule has 1 aliphatic carbocycles. The Hall–Kier alpha value is -0.810. The lowest BCUT2D eigenvalue weighted by atomic mass is 9.88. The lowest BCUT2D eigenvalue weighted by Crippen LogP contribution is -2.30. The minimum Gasteiger partial charge on any atom is -0.380 e. The van der Waals surface area contributed by atoms with Crippen LogP contribution in [0, 0.1) is 6.92 Å². The van der Waals surface area contributed by atoms with Crippen LogP contribution in [0.15, 0.2) is 18.3 Å². The zero-order chi connectivity index (χ0) is 11.1. The number of halogens is 2. The van der Waals surface area contributed by atoms with Crippen LogP contribution in [0.1, 0.15) is 22.7 Å². The zero-order valence-electron chi connectivity index (χ0n) is 8.20. The first-order valence-corrected chi connectivity index (χ1v) is 5.46. The highest BCUT2D eigenvalue weighted by Gasteiger charge is 2.39. The van der Waals surface area contributed by atoms with Crippen LogP contribution in [0.25, 0.3) is 0 Å². The molecule has 0 spiro atoms. The minimum atomic E-state index is -2.79. The van der Waals surface area contributed by atoms with Gasteiger partial charge < -0.3 is 5.11 Å². The van der Waals surface area contributed by atoms with Crippen LogP contribution >= 0.6 is 11.3 Å². The molecule has 15 heavy (non-hydrogen) atoms. The first-order valence-electron chi connectivity index (χ1n) is 4.65. The molecule has 0 aromatic carbocycles. The predicted molar refractivity (Wildman–Crippen MR) is 54.1 cm³/mol. The summed E-state index contributed by atoms with van der Waals surface area (Å²) in [6.45, 7) is 1.82. The molecule has 0 saturated carbocycles. The fourth-order valence-electron chi connectivity index (χ4n) is 1.55. The van der Waals surface area contributed by atoms with Gasteiger partial charge in [-0.15, -0.1) is 11.3 Å². The number of thiazole rings is 1. The summed E-state index contributed by atoms with van der Waals surface area (Å²) in [4.78, 5) is 4.64. The van der Waals surface area contributed by atoms with E-state index in [0.717, 1.165) is 11.1 Å². The molecule has 0 aliphatic heterocycles. The van der Waals surface area contributed by atoms with Crippen LogP contribution < -0.4 is 0 Å². The summed E-state index contributed by atoms with van der Waals surface area (Å²) in [6.07, 6.45) is 3.23. The van der Waals surface area contributed by atoms with Crippen molar-refractivity contribution < 1.29 is 13.9 Å². The molecular weight excluding hydrogens is 220 g/mol. The average molecular weight is 231 g/mol. The summed E-state index contributed by atoms with van der Waals surface area (Å²) in [7, 11) is 0. The molecule has 1 atom stereocenters. The topological polar surface area (TPSA) is 33.1 Å². The van der Waals surface area contributed by atoms with E-state index in [4.69, 9.17) is 0 Å². The maximum absolute atomic E-state index is 12.9. The predicted octanol–water partition coefficient (Wildman–Crippen LogP) is 2.62. The van der Waals surface area contributed by atoms with Crippen molar-refractivity contribution >= 4 is 11.3 Å². The zero-order valence-corrected chi connectivity index (χ0v) is 9.02. The third-order valence-corrected chi connectivity index (χ3v) is 3.57. The van der Waals surface area contributed by atoms with E-state index in [1.165, 1.54) is 17.4 Å². The molecule has 1 N–H and O–H groups in total. The summed E-state index contributed by atoms with van der Waals surface area (Å²) in [5.41, 5.74) is -1.26. The van der Waals surface area contributed by atoms with Crippen molar-refractivity contribution in [3.8, 4) is 0 Å². The number of aromatic nitrogens is 1. The molecule has 2 nitrogen and oxygen atoms in total. The number of allylic oxidation sites excluding steroid dienone is 1. The fourth-order valence-corrected chi connectivity index (χ4v) is 2.43. The van der Waals surface area contributed by atoms with E-state index < -0.39 is 11.5 Å². The summed E-state index contributed by atoms with van der Waals surface area (Å²) >= 11 is 1.34. The van der Waals surface area contributed by atoms with Crippen molar-refractivity contribution in [3.63, 3.8) is 0 Å². The van der Waals surface area contributed by atoms with Crippen molar-refractivity contribution in [3.05, 3.63) is 28.2 Å². The lowest BCUT2D eigenvalue weighted by molar-refractivity contribution is -0.0123. The molecule has 2 rings (SSSR count). The van der Waals surface area contributed by atoms with Gasteiger partial charge >= 0.3 is 0 Å². The van der Waals surface area contributed by atoms with E-state index in [9.17, 15) is 13.9 Å². The van der Waals surface area contributed by atoms with Crippen LogP contribution in [0.4, 0.5) is 8.78 Å². The SMILES string of the molecule is Cc1ncc(C2(O)C=CC(F)(F)CC2)s1. The van der Waals surface area contributed by atoms with Crippen LogP contribution in [-0.4, -0.2) is 16.0 Å². The van der Waals surface area contributed by atoms with E-state index in [-0.39, 0.29) is 12.8 Å². The standard InChI is InChI=1S/C10H11F2NOS/c1-7-13-6-8(15-7)9(14)2-4-10(11,12)5-3-9/h2,4,6,14H,3,5H2,1H3. The number of aliphatic hydroxyl groups is 1. The molecule has 0 bridgehead atoms. The maximum Gasteiger partial charge on any atom is 0.266 e. The van der Waals surface area contributed by atoms with Crippen molar-refractivity contribution in [2.24, 2.45) is 0 Å². The van der Waals surface area contributed by atoms with Gasteiger partial charge in [0.1, 0.15) is 5.60 Å². The molecule has 1 aromatic heterocycles. The minimum absolute atomic E-state index is 0.0398. The van der Waals surface area contributed by atoms with E-state index in [1.807, 2.05) is 6.92 Å². The Balaban J connectivity index is 2.30. The largest absolute Gasteiger partial charge is 0.380 e. The van der Waals surface area contributed by atoms with Crippen molar-refractivity contribution in [1.82, 2.24) is 4.98 Å². The van der Waals surface area contributed by atoms with Gasteiger partial charge in [-0.2, -0.15) is 0 Å². The van der Waals surface area contributed by atoms with E-state index in [0.29, 0.717) is 4.88 Å². The number of rotatable bonds is 1. The summed E-state index contributed by atoms with van der Waals surface area (Å²) in [5, 5.41) is 11.0. The molecular formula is C10H11F2NOS. The van der Waals surface area contributed by atoms with E-state index in [2.05, 4.69) is 4.98 Å². The second-order valence-electron chi connectivity index (χ2n) is 3.76. The molecule has 0 saturated heterocycles. The highest BCUT2D eigenvalue weighted by molar-refractivity contribution is 7.11. The molecule has 0 radical (unpaired) electrons. The highest BCUT2D eigenvalue weighted by Crippen LogP contribution is 2.40. The molecule has 0 fully saturated rings. The molecule has 82 valence electrons. The van der Waals surface area contributed by atoms with Gasteiger partial charge in [-0.05, 0) is 25.5 Å². The second kappa shape index (κ2) is 3.35. The van der Waals surface area contributed by atoms with Crippen molar-refractivity contribution in [1.29, 1.82) is 0 Å². The monoisotopic (exact) mass is 231 g/mol. The van der Waals surface area contributed by atoms with E-state index in [1.54, 1.807) is 6.20 Å². The van der Waals surface area contributed by atoms with Crippen LogP contribution in [0.3, 0.4) is 0 Å². The number of alkyl halides is 2. The number of hydrogen-bond acceptors (Lipinski definition) is 3. The van der Waals surface area contributed by atoms with Gasteiger partial charge in [-0.25, -0.2) is 13.8 Å². The molecule has 1 aromatic rings. The van der Waals surface area contributed by atoms with Crippen LogP contribution in [-0.2, 0) is 5.60 Å². The van der Waals surface area contributed by atoms with Crippen molar-refractivity contribution in [2.45, 2.75) is 31.3 Å². The Kier molecular flexibility index (Phi) is 2.39. The van der Waals surface area contributed by atoms with Crippen LogP contribution in [0.5, 0.6) is 0 Å². The summed E-state index contributed by atoms with van der Waals surface area (Å²) in [5.74, 6) is -2.79. The third-order valence-electron chi connectivity index (χ3n) is 2.49. The molecule has 0 amide bonds. The Bertz CT molecular complexity index is 402. The summed E-state index contributed by atoms with van der Waals surface area (Å²) < 4.78 is 25.7. The average Bonchev–Trinajstić information content (AvgIpc) is 2.59. The van der Waals surface area contributed by atoms with Gasteiger partial charge in [-0.3, -0.25) is 0 Å². The molecule has 1 unspecified atom stereocenters. The number of nitrogens with zero attached hydrogens (tertiary/aromatic N) is 1. The van der Waals surface area contributed by atoms with Gasteiger partial charge in [0, 0.05) is 12.6 Å². The molecule has 5 heteroatoms. The van der Waals surface area contributed by atoms with Gasteiger partial charge in [-0.1, -0.05) is 0 Å². The van der Waals surface area contributed by atoms with E-state index >= 15 is 0 Å². The summed E-state index contributed by atoms with van der Waals surface area (Å²) in [6, 6.07) is 0. The third kappa shape index (κ3) is 2.08. The molecule has 1 aliphatic rings. The smallest absolute Gasteiger partial charge is 0.266 e. The first-order chi connectivity index (χ1) is 6.91. The van der Waals surface area contributed by atoms with Gasteiger partial charge in [0.15, 0.2) is 0 Å². The van der Waals surface area contributed by atoms with Gasteiger partial charge in [0.05, 0.1) is 9.88 Å². The molecule has 1 heterocycles. The number of aryl methyl sites for hydroxylation is 1. The second-order valence-corrected chi connectivity index (χ2v) is 5.00. The highest BCUT2D eigenvalue weighted by atomic mass is 32.1. The number of hydrogen-bond donors (Lipinski definition) is 1. The van der Waals surface area contributed by atoms with Crippen molar-refractivity contribution in [2.75, 3.05) is 0 Å². The van der Waals surface area contributed by atoms with Gasteiger partial charge in [0.25, 0.3) is 5.92 Å². The quantitative estimate of drug-likeness (QED) is 0.754. The Morgan fingerprint density at radius 1 is 1.40 bits per heavy atom. The normalized spacial score (nSPS) is 29.3. The Labute approximate surface area is 90.3 Å². The maximum atomic E-state index is 12.9. The lowest BCUT2D eigenvalue weighted by Gasteiger charge is -2.29.